The fourth-order valence-corrected chi connectivity index (χ4v) is 2.17. The molecule has 0 bridgehead atoms. The van der Waals surface area contributed by atoms with Crippen molar-refractivity contribution in [1.82, 2.24) is 9.88 Å². The summed E-state index contributed by atoms with van der Waals surface area (Å²) < 4.78 is 24.6. The van der Waals surface area contributed by atoms with E-state index < -0.39 is 9.84 Å². The van der Waals surface area contributed by atoms with Crippen LogP contribution in [0.3, 0.4) is 0 Å². The molecule has 1 rings (SSSR count). The Kier molecular flexibility index (Phi) is 5.02. The maximum atomic E-state index is 11.3. The number of nitrogens with one attached hydrogen (secondary N) is 1. The maximum absolute atomic E-state index is 11.3. The first-order valence-corrected chi connectivity index (χ1v) is 7.45. The molecule has 0 fully saturated rings. The van der Waals surface area contributed by atoms with E-state index in [0.29, 0.717) is 6.54 Å². The van der Waals surface area contributed by atoms with E-state index in [1.165, 1.54) is 5.56 Å². The summed E-state index contributed by atoms with van der Waals surface area (Å²) in [5.41, 5.74) is 1.19. The summed E-state index contributed by atoms with van der Waals surface area (Å²) in [6.07, 6.45) is 3.92. The normalized spacial score (nSPS) is 11.9. The van der Waals surface area contributed by atoms with Gasteiger partial charge in [-0.2, -0.15) is 0 Å². The third-order valence-electron chi connectivity index (χ3n) is 2.49. The van der Waals surface area contributed by atoms with Crippen molar-refractivity contribution in [2.45, 2.75) is 26.9 Å². The number of sulfone groups is 1. The van der Waals surface area contributed by atoms with Crippen molar-refractivity contribution in [3.05, 3.63) is 24.0 Å². The molecule has 0 aliphatic carbocycles. The number of aromatic nitrogens is 1. The molecular formula is C11H20N2O2S. The van der Waals surface area contributed by atoms with Gasteiger partial charge in [0.1, 0.15) is 0 Å². The van der Waals surface area contributed by atoms with Crippen LogP contribution in [0.2, 0.25) is 0 Å². The van der Waals surface area contributed by atoms with Crippen LogP contribution in [0.1, 0.15) is 19.4 Å². The molecule has 1 aromatic heterocycles. The molecular weight excluding hydrogens is 224 g/mol. The quantitative estimate of drug-likeness (QED) is 0.779. The Morgan fingerprint density at radius 3 is 2.75 bits per heavy atom. The van der Waals surface area contributed by atoms with Gasteiger partial charge in [-0.15, -0.1) is 0 Å². The van der Waals surface area contributed by atoms with Gasteiger partial charge in [-0.05, 0) is 18.2 Å². The number of hydrogen-bond acceptors (Lipinski definition) is 3. The van der Waals surface area contributed by atoms with Crippen LogP contribution in [0.5, 0.6) is 0 Å². The molecule has 0 spiro atoms. The van der Waals surface area contributed by atoms with Crippen molar-refractivity contribution in [3.63, 3.8) is 0 Å². The SMILES string of the molecule is CCNCc1ccn(CCS(=O)(=O)CC)c1. The second kappa shape index (κ2) is 6.06. The topological polar surface area (TPSA) is 51.1 Å². The van der Waals surface area contributed by atoms with Gasteiger partial charge in [0.25, 0.3) is 0 Å². The molecule has 0 unspecified atom stereocenters. The van der Waals surface area contributed by atoms with E-state index in [-0.39, 0.29) is 11.5 Å². The van der Waals surface area contributed by atoms with Crippen LogP contribution in [0.15, 0.2) is 18.5 Å². The highest BCUT2D eigenvalue weighted by Gasteiger charge is 2.07. The average molecular weight is 244 g/mol. The Hall–Kier alpha value is -0.810. The fourth-order valence-electron chi connectivity index (χ4n) is 1.39. The molecule has 0 radical (unpaired) electrons. The first-order chi connectivity index (χ1) is 7.57. The summed E-state index contributed by atoms with van der Waals surface area (Å²) in [5.74, 6) is 0.442. The Bertz CT molecular complexity index is 409. The van der Waals surface area contributed by atoms with E-state index in [1.807, 2.05) is 23.0 Å². The van der Waals surface area contributed by atoms with Crippen molar-refractivity contribution in [2.75, 3.05) is 18.1 Å². The lowest BCUT2D eigenvalue weighted by molar-refractivity contribution is 0.590. The highest BCUT2D eigenvalue weighted by molar-refractivity contribution is 7.91. The number of rotatable bonds is 7. The average Bonchev–Trinajstić information content (AvgIpc) is 2.72. The maximum Gasteiger partial charge on any atom is 0.151 e. The van der Waals surface area contributed by atoms with E-state index in [9.17, 15) is 8.42 Å². The van der Waals surface area contributed by atoms with Gasteiger partial charge in [0.15, 0.2) is 9.84 Å². The molecule has 0 aromatic carbocycles. The molecule has 1 aromatic rings. The van der Waals surface area contributed by atoms with Crippen molar-refractivity contribution in [3.8, 4) is 0 Å². The molecule has 1 heterocycles. The van der Waals surface area contributed by atoms with Gasteiger partial charge < -0.3 is 9.88 Å². The minimum absolute atomic E-state index is 0.221. The zero-order valence-corrected chi connectivity index (χ0v) is 10.8. The minimum Gasteiger partial charge on any atom is -0.353 e. The summed E-state index contributed by atoms with van der Waals surface area (Å²) in [7, 11) is -2.86. The third-order valence-corrected chi connectivity index (χ3v) is 4.18. The first-order valence-electron chi connectivity index (χ1n) is 5.63. The summed E-state index contributed by atoms with van der Waals surface area (Å²) in [4.78, 5) is 0. The summed E-state index contributed by atoms with van der Waals surface area (Å²) in [6, 6.07) is 2.02. The van der Waals surface area contributed by atoms with E-state index >= 15 is 0 Å². The highest BCUT2D eigenvalue weighted by atomic mass is 32.2. The molecule has 0 amide bonds. The lowest BCUT2D eigenvalue weighted by Gasteiger charge is -2.03. The zero-order valence-electron chi connectivity index (χ0n) is 9.94. The van der Waals surface area contributed by atoms with Gasteiger partial charge in [0, 0.05) is 31.2 Å². The Balaban J connectivity index is 2.46. The van der Waals surface area contributed by atoms with Crippen molar-refractivity contribution >= 4 is 9.84 Å². The van der Waals surface area contributed by atoms with Crippen LogP contribution in [-0.2, 0) is 22.9 Å². The predicted molar refractivity (Wildman–Crippen MR) is 66.1 cm³/mol. The van der Waals surface area contributed by atoms with Crippen LogP contribution in [-0.4, -0.2) is 31.0 Å². The molecule has 0 saturated heterocycles. The zero-order chi connectivity index (χ0) is 12.0. The van der Waals surface area contributed by atoms with Crippen LogP contribution in [0, 0.1) is 0 Å². The molecule has 0 saturated carbocycles. The lowest BCUT2D eigenvalue weighted by Crippen LogP contribution is -2.14. The second-order valence-electron chi connectivity index (χ2n) is 3.77. The molecule has 92 valence electrons. The van der Waals surface area contributed by atoms with Crippen LogP contribution >= 0.6 is 0 Å². The van der Waals surface area contributed by atoms with Gasteiger partial charge in [-0.3, -0.25) is 0 Å². The van der Waals surface area contributed by atoms with E-state index in [4.69, 9.17) is 0 Å². The van der Waals surface area contributed by atoms with Crippen LogP contribution in [0.25, 0.3) is 0 Å². The smallest absolute Gasteiger partial charge is 0.151 e. The summed E-state index contributed by atoms with van der Waals surface area (Å²) in [5, 5.41) is 3.23. The van der Waals surface area contributed by atoms with Crippen LogP contribution in [0.4, 0.5) is 0 Å². The molecule has 0 aliphatic rings. The Morgan fingerprint density at radius 2 is 2.12 bits per heavy atom. The highest BCUT2D eigenvalue weighted by Crippen LogP contribution is 2.02. The van der Waals surface area contributed by atoms with E-state index in [1.54, 1.807) is 6.92 Å². The van der Waals surface area contributed by atoms with Crippen molar-refractivity contribution in [2.24, 2.45) is 0 Å². The monoisotopic (exact) mass is 244 g/mol. The molecule has 16 heavy (non-hydrogen) atoms. The van der Waals surface area contributed by atoms with Gasteiger partial charge in [-0.25, -0.2) is 8.42 Å². The summed E-state index contributed by atoms with van der Waals surface area (Å²) in [6.45, 7) is 6.06. The first kappa shape index (κ1) is 13.3. The minimum atomic E-state index is -2.86. The number of aryl methyl sites for hydroxylation is 1. The summed E-state index contributed by atoms with van der Waals surface area (Å²) >= 11 is 0. The standard InChI is InChI=1S/C11H20N2O2S/c1-3-12-9-11-5-6-13(10-11)7-8-16(14,15)4-2/h5-6,10,12H,3-4,7-9H2,1-2H3. The van der Waals surface area contributed by atoms with Crippen molar-refractivity contribution < 1.29 is 8.42 Å². The fraction of sp³-hybridized carbons (Fsp3) is 0.636. The van der Waals surface area contributed by atoms with Gasteiger partial charge >= 0.3 is 0 Å². The Morgan fingerprint density at radius 1 is 1.38 bits per heavy atom. The second-order valence-corrected chi connectivity index (χ2v) is 6.25. The molecule has 0 atom stereocenters. The van der Waals surface area contributed by atoms with E-state index in [2.05, 4.69) is 12.2 Å². The largest absolute Gasteiger partial charge is 0.353 e. The molecule has 0 aliphatic heterocycles. The van der Waals surface area contributed by atoms with Gasteiger partial charge in [0.05, 0.1) is 5.75 Å². The molecule has 1 N–H and O–H groups in total. The lowest BCUT2D eigenvalue weighted by atomic mass is 10.3. The predicted octanol–water partition coefficient (Wildman–Crippen LogP) is 1.03. The third kappa shape index (κ3) is 4.37. The Labute approximate surface area is 97.6 Å². The molecule has 5 heteroatoms. The van der Waals surface area contributed by atoms with Crippen LogP contribution < -0.4 is 5.32 Å². The number of hydrogen-bond donors (Lipinski definition) is 1. The molecule has 4 nitrogen and oxygen atoms in total. The van der Waals surface area contributed by atoms with Gasteiger partial charge in [0.2, 0.25) is 0 Å². The van der Waals surface area contributed by atoms with Crippen molar-refractivity contribution in [1.29, 1.82) is 0 Å². The van der Waals surface area contributed by atoms with E-state index in [0.717, 1.165) is 13.1 Å². The number of nitrogens with zero attached hydrogens (tertiary/aromatic N) is 1. The van der Waals surface area contributed by atoms with Gasteiger partial charge in [-0.1, -0.05) is 13.8 Å².